The van der Waals surface area contributed by atoms with E-state index in [-0.39, 0.29) is 0 Å². The van der Waals surface area contributed by atoms with Gasteiger partial charge in [0.2, 0.25) is 0 Å². The minimum Gasteiger partial charge on any atom is -0.399 e. The van der Waals surface area contributed by atoms with Crippen LogP contribution in [0.2, 0.25) is 0 Å². The molecule has 1 heterocycles. The van der Waals surface area contributed by atoms with E-state index in [1.807, 2.05) is 45.1 Å². The van der Waals surface area contributed by atoms with Crippen molar-refractivity contribution >= 4 is 17.0 Å². The summed E-state index contributed by atoms with van der Waals surface area (Å²) in [4.78, 5) is 0. The van der Waals surface area contributed by atoms with Crippen LogP contribution in [-0.2, 0) is 0 Å². The molecule has 2 unspecified atom stereocenters. The Morgan fingerprint density at radius 1 is 1.33 bits per heavy atom. The van der Waals surface area contributed by atoms with Gasteiger partial charge >= 0.3 is 0 Å². The Kier molecular flexibility index (Phi) is 5.56. The average Bonchev–Trinajstić information content (AvgIpc) is 3.22. The second-order valence-corrected chi connectivity index (χ2v) is 7.83. The summed E-state index contributed by atoms with van der Waals surface area (Å²) >= 11 is 0. The molecule has 0 aliphatic heterocycles. The van der Waals surface area contributed by atoms with Crippen LogP contribution in [0.3, 0.4) is 0 Å². The van der Waals surface area contributed by atoms with Crippen LogP contribution in [0.25, 0.3) is 17.0 Å². The average molecular weight is 360 g/mol. The summed E-state index contributed by atoms with van der Waals surface area (Å²) < 4.78 is 2.43. The summed E-state index contributed by atoms with van der Waals surface area (Å²) in [6.07, 6.45) is 14.0. The number of aryl methyl sites for hydroxylation is 1. The van der Waals surface area contributed by atoms with Gasteiger partial charge in [0.05, 0.1) is 11.6 Å². The van der Waals surface area contributed by atoms with E-state index < -0.39 is 0 Å². The monoisotopic (exact) mass is 359 g/mol. The van der Waals surface area contributed by atoms with Gasteiger partial charge in [-0.2, -0.15) is 5.26 Å². The smallest absolute Gasteiger partial charge is 0.0994 e. The summed E-state index contributed by atoms with van der Waals surface area (Å²) in [5.74, 6) is 0.770. The standard InChI is InChI=1S/C24H29N3/c1-5-6-7-23(26)18(4)11-20-15-27(21-9-8-16(2)10-21)24-12-17(3)19(14-25)13-22(20)24/h5-7,11-13,15-16,21H,8-10,26H2,1-4H3/b6-5-,18-11+,23-7+. The molecule has 3 nitrogen and oxygen atoms in total. The summed E-state index contributed by atoms with van der Waals surface area (Å²) in [5.41, 5.74) is 12.1. The molecule has 1 saturated carbocycles. The molecule has 2 aromatic rings. The van der Waals surface area contributed by atoms with Gasteiger partial charge in [0.15, 0.2) is 0 Å². The van der Waals surface area contributed by atoms with Gasteiger partial charge in [0, 0.05) is 34.4 Å². The highest BCUT2D eigenvalue weighted by Crippen LogP contribution is 2.38. The summed E-state index contributed by atoms with van der Waals surface area (Å²) in [5, 5.41) is 10.6. The third-order valence-electron chi connectivity index (χ3n) is 5.69. The number of nitrogens with zero attached hydrogens (tertiary/aromatic N) is 2. The molecule has 0 radical (unpaired) electrons. The van der Waals surface area contributed by atoms with E-state index in [0.29, 0.717) is 6.04 Å². The van der Waals surface area contributed by atoms with Gasteiger partial charge < -0.3 is 10.3 Å². The van der Waals surface area contributed by atoms with E-state index in [0.717, 1.165) is 39.3 Å². The van der Waals surface area contributed by atoms with Gasteiger partial charge in [-0.15, -0.1) is 0 Å². The quantitative estimate of drug-likeness (QED) is 0.680. The first-order chi connectivity index (χ1) is 12.9. The number of aromatic nitrogens is 1. The van der Waals surface area contributed by atoms with Crippen molar-refractivity contribution in [2.45, 2.75) is 53.0 Å². The van der Waals surface area contributed by atoms with E-state index in [1.54, 1.807) is 0 Å². The van der Waals surface area contributed by atoms with Crippen LogP contribution in [0.4, 0.5) is 0 Å². The predicted molar refractivity (Wildman–Crippen MR) is 114 cm³/mol. The van der Waals surface area contributed by atoms with E-state index in [4.69, 9.17) is 5.73 Å². The maximum atomic E-state index is 9.48. The molecular formula is C24H29N3. The Hall–Kier alpha value is -2.73. The molecule has 3 heteroatoms. The van der Waals surface area contributed by atoms with Crippen molar-refractivity contribution in [1.82, 2.24) is 4.57 Å². The van der Waals surface area contributed by atoms with Crippen LogP contribution in [0, 0.1) is 24.2 Å². The summed E-state index contributed by atoms with van der Waals surface area (Å²) in [7, 11) is 0. The van der Waals surface area contributed by atoms with Crippen molar-refractivity contribution in [2.24, 2.45) is 11.7 Å². The molecule has 1 aromatic heterocycles. The highest BCUT2D eigenvalue weighted by molar-refractivity contribution is 5.92. The van der Waals surface area contributed by atoms with Crippen molar-refractivity contribution in [1.29, 1.82) is 5.26 Å². The van der Waals surface area contributed by atoms with Crippen molar-refractivity contribution < 1.29 is 0 Å². The van der Waals surface area contributed by atoms with Crippen LogP contribution in [-0.4, -0.2) is 4.57 Å². The van der Waals surface area contributed by atoms with Crippen molar-refractivity contribution in [3.8, 4) is 6.07 Å². The van der Waals surface area contributed by atoms with Crippen LogP contribution < -0.4 is 5.73 Å². The molecule has 0 amide bonds. The van der Waals surface area contributed by atoms with Crippen molar-refractivity contribution in [3.05, 3.63) is 64.5 Å². The van der Waals surface area contributed by atoms with Gasteiger partial charge in [-0.1, -0.05) is 19.1 Å². The highest BCUT2D eigenvalue weighted by Gasteiger charge is 2.24. The molecule has 140 valence electrons. The molecule has 1 aliphatic carbocycles. The number of allylic oxidation sites excluding steroid dienone is 4. The lowest BCUT2D eigenvalue weighted by atomic mass is 10.0. The van der Waals surface area contributed by atoms with Gasteiger partial charge in [-0.05, 0) is 81.4 Å². The van der Waals surface area contributed by atoms with Gasteiger partial charge in [-0.25, -0.2) is 0 Å². The zero-order valence-electron chi connectivity index (χ0n) is 16.8. The fourth-order valence-electron chi connectivity index (χ4n) is 4.04. The van der Waals surface area contributed by atoms with E-state index >= 15 is 0 Å². The molecular weight excluding hydrogens is 330 g/mol. The fourth-order valence-corrected chi connectivity index (χ4v) is 4.04. The Morgan fingerprint density at radius 2 is 2.11 bits per heavy atom. The molecule has 0 spiro atoms. The van der Waals surface area contributed by atoms with E-state index in [9.17, 15) is 5.26 Å². The van der Waals surface area contributed by atoms with Gasteiger partial charge in [0.1, 0.15) is 0 Å². The second kappa shape index (κ2) is 7.88. The van der Waals surface area contributed by atoms with Crippen LogP contribution in [0.5, 0.6) is 0 Å². The molecule has 2 atom stereocenters. The molecule has 1 aliphatic rings. The highest BCUT2D eigenvalue weighted by atomic mass is 15.0. The maximum Gasteiger partial charge on any atom is 0.0994 e. The van der Waals surface area contributed by atoms with E-state index in [1.165, 1.54) is 24.8 Å². The Bertz CT molecular complexity index is 979. The zero-order valence-corrected chi connectivity index (χ0v) is 16.8. The van der Waals surface area contributed by atoms with Crippen LogP contribution >= 0.6 is 0 Å². The molecule has 0 bridgehead atoms. The number of nitriles is 1. The second-order valence-electron chi connectivity index (χ2n) is 7.83. The maximum absolute atomic E-state index is 9.48. The van der Waals surface area contributed by atoms with Crippen molar-refractivity contribution in [2.75, 3.05) is 0 Å². The Labute approximate surface area is 162 Å². The molecule has 1 aromatic carbocycles. The van der Waals surface area contributed by atoms with Crippen LogP contribution in [0.15, 0.2) is 47.8 Å². The fraction of sp³-hybridized carbons (Fsp3) is 0.375. The summed E-state index contributed by atoms with van der Waals surface area (Å²) in [6.45, 7) is 8.37. The number of fused-ring (bicyclic) bond motifs is 1. The minimum atomic E-state index is 0.535. The minimum absolute atomic E-state index is 0.535. The van der Waals surface area contributed by atoms with Crippen LogP contribution in [0.1, 0.15) is 62.8 Å². The molecule has 2 N–H and O–H groups in total. The molecule has 27 heavy (non-hydrogen) atoms. The largest absolute Gasteiger partial charge is 0.399 e. The van der Waals surface area contributed by atoms with Gasteiger partial charge in [-0.3, -0.25) is 0 Å². The number of rotatable bonds is 4. The number of hydrogen-bond donors (Lipinski definition) is 1. The number of benzene rings is 1. The normalized spacial score (nSPS) is 21.3. The first kappa shape index (κ1) is 19.0. The summed E-state index contributed by atoms with van der Waals surface area (Å²) in [6, 6.07) is 7.07. The number of hydrogen-bond acceptors (Lipinski definition) is 2. The zero-order chi connectivity index (χ0) is 19.6. The topological polar surface area (TPSA) is 54.7 Å². The molecule has 1 fully saturated rings. The van der Waals surface area contributed by atoms with Crippen molar-refractivity contribution in [3.63, 3.8) is 0 Å². The third kappa shape index (κ3) is 3.85. The number of nitrogens with two attached hydrogens (primary N) is 1. The lowest BCUT2D eigenvalue weighted by Gasteiger charge is -2.14. The molecule has 0 saturated heterocycles. The predicted octanol–water partition coefficient (Wildman–Crippen LogP) is 6.00. The molecule has 3 rings (SSSR count). The SMILES string of the molecule is C\C=C/C=C(N)\C(C)=C\c1cn(C2CCC(C)C2)c2cc(C)c(C#N)cc12. The lowest BCUT2D eigenvalue weighted by Crippen LogP contribution is -2.03. The first-order valence-corrected chi connectivity index (χ1v) is 9.77. The third-order valence-corrected chi connectivity index (χ3v) is 5.69. The Balaban J connectivity index is 2.16. The van der Waals surface area contributed by atoms with Gasteiger partial charge in [0.25, 0.3) is 0 Å². The lowest BCUT2D eigenvalue weighted by molar-refractivity contribution is 0.507. The first-order valence-electron chi connectivity index (χ1n) is 9.77. The van der Waals surface area contributed by atoms with E-state index in [2.05, 4.69) is 35.9 Å². The Morgan fingerprint density at radius 3 is 2.74 bits per heavy atom.